The first-order valence-corrected chi connectivity index (χ1v) is 5.55. The van der Waals surface area contributed by atoms with Gasteiger partial charge in [-0.1, -0.05) is 0 Å². The zero-order valence-corrected chi connectivity index (χ0v) is 8.77. The second-order valence-corrected chi connectivity index (χ2v) is 4.79. The van der Waals surface area contributed by atoms with E-state index in [1.165, 1.54) is 13.8 Å². The van der Waals surface area contributed by atoms with Gasteiger partial charge in [0.15, 0.2) is 0 Å². The third kappa shape index (κ3) is 2.94. The zero-order chi connectivity index (χ0) is 10.5. The fraction of sp³-hybridized carbons (Fsp3) is 1.00. The van der Waals surface area contributed by atoms with Gasteiger partial charge in [0.1, 0.15) is 0 Å². The molecule has 0 bridgehead atoms. The number of alkyl halides is 3. The third-order valence-corrected chi connectivity index (χ3v) is 3.85. The summed E-state index contributed by atoms with van der Waals surface area (Å²) in [5.74, 6) is -4.56. The lowest BCUT2D eigenvalue weighted by Gasteiger charge is -2.28. The summed E-state index contributed by atoms with van der Waals surface area (Å²) < 4.78 is 50.8. The van der Waals surface area contributed by atoms with E-state index in [0.717, 1.165) is 7.11 Å². The Bertz CT molecular complexity index is 145. The molecule has 3 nitrogen and oxygen atoms in total. The van der Waals surface area contributed by atoms with E-state index in [1.807, 2.05) is 0 Å². The van der Waals surface area contributed by atoms with E-state index < -0.39 is 14.6 Å². The van der Waals surface area contributed by atoms with Crippen molar-refractivity contribution in [2.75, 3.05) is 20.3 Å². The zero-order valence-electron chi connectivity index (χ0n) is 7.77. The molecule has 0 saturated carbocycles. The molecule has 0 saturated heterocycles. The van der Waals surface area contributed by atoms with Gasteiger partial charge in [-0.3, -0.25) is 0 Å². The van der Waals surface area contributed by atoms with Crippen molar-refractivity contribution in [3.8, 4) is 0 Å². The summed E-state index contributed by atoms with van der Waals surface area (Å²) in [4.78, 5) is 0. The first kappa shape index (κ1) is 12.9. The van der Waals surface area contributed by atoms with E-state index in [2.05, 4.69) is 13.3 Å². The van der Waals surface area contributed by atoms with Crippen LogP contribution in [0.5, 0.6) is 0 Å². The van der Waals surface area contributed by atoms with Gasteiger partial charge in [-0.15, -0.1) is 0 Å². The highest BCUT2D eigenvalue weighted by atomic mass is 28.4. The summed E-state index contributed by atoms with van der Waals surface area (Å²) in [5.41, 5.74) is 0. The van der Waals surface area contributed by atoms with Crippen molar-refractivity contribution in [1.82, 2.24) is 0 Å². The van der Waals surface area contributed by atoms with Gasteiger partial charge >= 0.3 is 14.6 Å². The number of rotatable bonds is 5. The maximum atomic E-state index is 12.4. The van der Waals surface area contributed by atoms with Gasteiger partial charge in [-0.25, -0.2) is 0 Å². The first-order valence-electron chi connectivity index (χ1n) is 3.83. The molecule has 0 atom stereocenters. The molecule has 0 aliphatic heterocycles. The molecular formula is C6H13F3O3Si. The normalized spacial score (nSPS) is 13.4. The minimum Gasteiger partial charge on any atom is -0.371 e. The van der Waals surface area contributed by atoms with Gasteiger partial charge in [0, 0.05) is 20.3 Å². The first-order chi connectivity index (χ1) is 5.93. The fourth-order valence-corrected chi connectivity index (χ4v) is 2.46. The maximum absolute atomic E-state index is 12.4. The van der Waals surface area contributed by atoms with Crippen LogP contribution in [0.2, 0.25) is 0 Å². The molecule has 7 heteroatoms. The smallest absolute Gasteiger partial charge is 0.371 e. The van der Waals surface area contributed by atoms with Crippen LogP contribution in [-0.4, -0.2) is 34.9 Å². The van der Waals surface area contributed by atoms with E-state index in [4.69, 9.17) is 0 Å². The highest BCUT2D eigenvalue weighted by Crippen LogP contribution is 2.30. The van der Waals surface area contributed by atoms with Crippen molar-refractivity contribution < 1.29 is 26.4 Å². The van der Waals surface area contributed by atoms with E-state index >= 15 is 0 Å². The van der Waals surface area contributed by atoms with Gasteiger partial charge < -0.3 is 13.3 Å². The molecule has 0 aromatic heterocycles. The third-order valence-electron chi connectivity index (χ3n) is 1.28. The molecule has 0 spiro atoms. The molecule has 0 radical (unpaired) electrons. The molecule has 80 valence electrons. The summed E-state index contributed by atoms with van der Waals surface area (Å²) >= 11 is 0. The van der Waals surface area contributed by atoms with E-state index in [1.54, 1.807) is 0 Å². The average molecular weight is 218 g/mol. The fourth-order valence-electron chi connectivity index (χ4n) is 0.819. The molecule has 0 heterocycles. The number of hydrogen-bond acceptors (Lipinski definition) is 3. The Labute approximate surface area is 76.2 Å². The van der Waals surface area contributed by atoms with Crippen LogP contribution in [-0.2, 0) is 13.3 Å². The quantitative estimate of drug-likeness (QED) is 0.658. The molecule has 0 aromatic rings. The Morgan fingerprint density at radius 2 is 1.46 bits per heavy atom. The Balaban J connectivity index is 4.64. The molecule has 0 amide bonds. The van der Waals surface area contributed by atoms with Gasteiger partial charge in [-0.05, 0) is 13.8 Å². The molecule has 0 unspecified atom stereocenters. The van der Waals surface area contributed by atoms with Crippen LogP contribution >= 0.6 is 0 Å². The van der Waals surface area contributed by atoms with Crippen LogP contribution in [0.3, 0.4) is 0 Å². The van der Waals surface area contributed by atoms with Gasteiger partial charge in [0.2, 0.25) is 0 Å². The summed E-state index contributed by atoms with van der Waals surface area (Å²) in [6.45, 7) is 2.76. The second-order valence-electron chi connectivity index (χ2n) is 2.12. The predicted octanol–water partition coefficient (Wildman–Crippen LogP) is 1.75. The van der Waals surface area contributed by atoms with Gasteiger partial charge in [-0.2, -0.15) is 13.2 Å². The van der Waals surface area contributed by atoms with Crippen molar-refractivity contribution in [2.45, 2.75) is 19.6 Å². The maximum Gasteiger partial charge on any atom is 0.615 e. The van der Waals surface area contributed by atoms with E-state index in [0.29, 0.717) is 0 Å². The molecule has 0 aromatic carbocycles. The summed E-state index contributed by atoms with van der Waals surface area (Å²) in [6, 6.07) is 0. The van der Waals surface area contributed by atoms with Crippen molar-refractivity contribution in [2.24, 2.45) is 0 Å². The lowest BCUT2D eigenvalue weighted by molar-refractivity contribution is -0.129. The van der Waals surface area contributed by atoms with Crippen molar-refractivity contribution >= 4 is 8.80 Å². The Morgan fingerprint density at radius 3 is 1.62 bits per heavy atom. The van der Waals surface area contributed by atoms with Crippen LogP contribution in [0.4, 0.5) is 13.2 Å². The van der Waals surface area contributed by atoms with Crippen LogP contribution in [0.15, 0.2) is 0 Å². The lowest BCUT2D eigenvalue weighted by Crippen LogP contribution is -2.58. The van der Waals surface area contributed by atoms with E-state index in [-0.39, 0.29) is 13.2 Å². The van der Waals surface area contributed by atoms with Gasteiger partial charge in [0.25, 0.3) is 0 Å². The number of halogens is 3. The van der Waals surface area contributed by atoms with Crippen LogP contribution in [0.1, 0.15) is 13.8 Å². The minimum absolute atomic E-state index is 0.0838. The largest absolute Gasteiger partial charge is 0.615 e. The molecule has 0 N–H and O–H groups in total. The summed E-state index contributed by atoms with van der Waals surface area (Å²) in [7, 11) is -3.52. The lowest BCUT2D eigenvalue weighted by atomic mass is 10.9. The molecule has 0 aliphatic rings. The molecule has 0 rings (SSSR count). The Kier molecular flexibility index (Phi) is 4.90. The van der Waals surface area contributed by atoms with Crippen molar-refractivity contribution in [3.05, 3.63) is 0 Å². The highest BCUT2D eigenvalue weighted by Gasteiger charge is 2.66. The summed E-state index contributed by atoms with van der Waals surface area (Å²) in [5, 5.41) is 0. The molecule has 0 aliphatic carbocycles. The van der Waals surface area contributed by atoms with Crippen LogP contribution in [0.25, 0.3) is 0 Å². The van der Waals surface area contributed by atoms with Crippen molar-refractivity contribution in [1.29, 1.82) is 0 Å². The SMILES string of the molecule is CCO[Si](OC)(OCC)C(F)(F)F. The van der Waals surface area contributed by atoms with E-state index in [9.17, 15) is 13.2 Å². The average Bonchev–Trinajstić information content (AvgIpc) is 2.02. The topological polar surface area (TPSA) is 27.7 Å². The van der Waals surface area contributed by atoms with Crippen LogP contribution < -0.4 is 0 Å². The van der Waals surface area contributed by atoms with Crippen LogP contribution in [0, 0.1) is 0 Å². The molecular weight excluding hydrogens is 205 g/mol. The standard InChI is InChI=1S/C6H13F3O3Si/c1-4-11-13(10-3,12-5-2)6(7,8)9/h4-5H2,1-3H3. The Morgan fingerprint density at radius 1 is 1.08 bits per heavy atom. The second kappa shape index (κ2) is 4.94. The number of hydrogen-bond donors (Lipinski definition) is 0. The van der Waals surface area contributed by atoms with Gasteiger partial charge in [0.05, 0.1) is 0 Å². The summed E-state index contributed by atoms with van der Waals surface area (Å²) in [6.07, 6.45) is 0. The minimum atomic E-state index is -4.56. The molecule has 13 heavy (non-hydrogen) atoms. The predicted molar refractivity (Wildman–Crippen MR) is 42.1 cm³/mol. The van der Waals surface area contributed by atoms with Crippen molar-refractivity contribution in [3.63, 3.8) is 0 Å². The Hall–Kier alpha value is -0.113. The highest BCUT2D eigenvalue weighted by molar-refractivity contribution is 6.62. The monoisotopic (exact) mass is 218 g/mol. The molecule has 0 fully saturated rings.